The number of carbonyl (C=O) groups is 1. The van der Waals surface area contributed by atoms with Gasteiger partial charge in [0.25, 0.3) is 5.91 Å². The smallest absolute Gasteiger partial charge is 0.423 e. The molecule has 3 N–H and O–H groups in total. The maximum atomic E-state index is 12.5. The molecule has 1 aromatic carbocycles. The van der Waals surface area contributed by atoms with E-state index in [1.807, 2.05) is 0 Å². The van der Waals surface area contributed by atoms with Crippen molar-refractivity contribution in [2.45, 2.75) is 0 Å². The molecule has 0 bridgehead atoms. The topological polar surface area (TPSA) is 84.2 Å². The van der Waals surface area contributed by atoms with Gasteiger partial charge in [0.1, 0.15) is 0 Å². The second kappa shape index (κ2) is 7.24. The number of carbonyl (C=O) groups excluding carboxylic acids is 1. The average molecular weight is 313 g/mol. The van der Waals surface area contributed by atoms with Crippen molar-refractivity contribution < 1.29 is 19.9 Å². The van der Waals surface area contributed by atoms with E-state index in [-0.39, 0.29) is 23.5 Å². The molecule has 0 aromatic heterocycles. The van der Waals surface area contributed by atoms with Crippen LogP contribution in [0.3, 0.4) is 0 Å². The zero-order valence-corrected chi connectivity index (χ0v) is 12.3. The van der Waals surface area contributed by atoms with E-state index in [1.165, 1.54) is 18.2 Å². The first-order valence-corrected chi connectivity index (χ1v) is 7.19. The minimum absolute atomic E-state index is 0.107. The summed E-state index contributed by atoms with van der Waals surface area (Å²) in [5.74, 6) is -0.217. The van der Waals surface area contributed by atoms with Gasteiger partial charge in [0.15, 0.2) is 0 Å². The third-order valence-corrected chi connectivity index (χ3v) is 3.92. The van der Waals surface area contributed by atoms with Gasteiger partial charge in [-0.25, -0.2) is 0 Å². The molecule has 0 atom stereocenters. The fourth-order valence-corrected chi connectivity index (χ4v) is 2.55. The minimum Gasteiger partial charge on any atom is -0.423 e. The second-order valence-electron chi connectivity index (χ2n) is 4.97. The Morgan fingerprint density at radius 3 is 2.48 bits per heavy atom. The summed E-state index contributed by atoms with van der Waals surface area (Å²) in [5.41, 5.74) is 0.513. The summed E-state index contributed by atoms with van der Waals surface area (Å²) in [7, 11) is -1.63. The molecular weight excluding hydrogens is 294 g/mol. The lowest BCUT2D eigenvalue weighted by atomic mass is 9.79. The highest BCUT2D eigenvalue weighted by molar-refractivity contribution is 6.58. The Balaban J connectivity index is 2.08. The van der Waals surface area contributed by atoms with Crippen molar-refractivity contribution in [3.8, 4) is 0 Å². The monoisotopic (exact) mass is 312 g/mol. The van der Waals surface area contributed by atoms with Gasteiger partial charge in [-0.3, -0.25) is 9.69 Å². The van der Waals surface area contributed by atoms with E-state index >= 15 is 0 Å². The van der Waals surface area contributed by atoms with E-state index in [0.29, 0.717) is 37.7 Å². The first kappa shape index (κ1) is 16.3. The highest BCUT2D eigenvalue weighted by Gasteiger charge is 2.24. The maximum Gasteiger partial charge on any atom is 0.488 e. The number of aliphatic hydroxyl groups excluding tert-OH is 1. The predicted octanol–water partition coefficient (Wildman–Crippen LogP) is -1.23. The number of hydrogen-bond donors (Lipinski definition) is 3. The number of β-amino-alcohol motifs (C(OH)–C–C–N with tert-alkyl or cyclic N) is 1. The lowest BCUT2D eigenvalue weighted by molar-refractivity contribution is 0.0615. The van der Waals surface area contributed by atoms with E-state index in [4.69, 9.17) is 16.7 Å². The summed E-state index contributed by atoms with van der Waals surface area (Å²) in [6, 6.07) is 4.38. The van der Waals surface area contributed by atoms with Gasteiger partial charge in [0, 0.05) is 32.7 Å². The molecule has 1 fully saturated rings. The summed E-state index contributed by atoms with van der Waals surface area (Å²) in [6.45, 7) is 3.23. The number of piperazine rings is 1. The quantitative estimate of drug-likeness (QED) is 0.606. The van der Waals surface area contributed by atoms with Crippen LogP contribution in [0.1, 0.15) is 10.4 Å². The lowest BCUT2D eigenvalue weighted by Gasteiger charge is -2.34. The van der Waals surface area contributed by atoms with Crippen LogP contribution in [0.15, 0.2) is 18.2 Å². The molecule has 1 aliphatic heterocycles. The molecule has 1 heterocycles. The molecule has 0 saturated carbocycles. The largest absolute Gasteiger partial charge is 0.488 e. The molecule has 1 amide bonds. The first-order valence-electron chi connectivity index (χ1n) is 6.81. The summed E-state index contributed by atoms with van der Waals surface area (Å²) in [5, 5.41) is 27.6. The zero-order valence-electron chi connectivity index (χ0n) is 11.6. The molecule has 1 aromatic rings. The van der Waals surface area contributed by atoms with Crippen molar-refractivity contribution in [2.24, 2.45) is 0 Å². The summed E-state index contributed by atoms with van der Waals surface area (Å²) in [6.07, 6.45) is 0. The van der Waals surface area contributed by atoms with E-state index in [0.717, 1.165) is 0 Å². The number of halogens is 1. The van der Waals surface area contributed by atoms with E-state index in [9.17, 15) is 14.8 Å². The molecule has 0 unspecified atom stereocenters. The number of amides is 1. The van der Waals surface area contributed by atoms with Crippen molar-refractivity contribution in [3.63, 3.8) is 0 Å². The predicted molar refractivity (Wildman–Crippen MR) is 80.7 cm³/mol. The molecule has 0 spiro atoms. The van der Waals surface area contributed by atoms with Crippen LogP contribution in [0.4, 0.5) is 0 Å². The Labute approximate surface area is 128 Å². The van der Waals surface area contributed by atoms with Gasteiger partial charge in [-0.2, -0.15) is 0 Å². The van der Waals surface area contributed by atoms with Gasteiger partial charge in [-0.1, -0.05) is 17.7 Å². The lowest BCUT2D eigenvalue weighted by Crippen LogP contribution is -2.49. The fraction of sp³-hybridized carbons (Fsp3) is 0.462. The van der Waals surface area contributed by atoms with E-state index in [1.54, 1.807) is 4.90 Å². The van der Waals surface area contributed by atoms with Gasteiger partial charge >= 0.3 is 7.12 Å². The Bertz CT molecular complexity index is 507. The molecule has 0 radical (unpaired) electrons. The minimum atomic E-state index is -1.63. The maximum absolute atomic E-state index is 12.5. The molecule has 1 saturated heterocycles. The first-order chi connectivity index (χ1) is 10.0. The number of hydrogen-bond acceptors (Lipinski definition) is 5. The molecule has 8 heteroatoms. The highest BCUT2D eigenvalue weighted by Crippen LogP contribution is 2.17. The number of rotatable bonds is 4. The van der Waals surface area contributed by atoms with Crippen molar-refractivity contribution in [1.29, 1.82) is 0 Å². The van der Waals surface area contributed by atoms with Crippen LogP contribution in [-0.2, 0) is 0 Å². The number of aliphatic hydroxyl groups is 1. The van der Waals surface area contributed by atoms with Gasteiger partial charge in [0.2, 0.25) is 0 Å². The summed E-state index contributed by atoms with van der Waals surface area (Å²) >= 11 is 6.04. The van der Waals surface area contributed by atoms with Crippen LogP contribution in [0.2, 0.25) is 5.02 Å². The third kappa shape index (κ3) is 3.96. The Hall–Kier alpha value is -1.12. The SMILES string of the molecule is O=C(c1cc(B(O)O)ccc1Cl)N1CCN(CCO)CC1. The van der Waals surface area contributed by atoms with Crippen LogP contribution in [0, 0.1) is 0 Å². The average Bonchev–Trinajstić information content (AvgIpc) is 2.48. The molecular formula is C13H18BClN2O4. The Morgan fingerprint density at radius 1 is 1.24 bits per heavy atom. The van der Waals surface area contributed by atoms with Crippen LogP contribution >= 0.6 is 11.6 Å². The number of nitrogens with zero attached hydrogens (tertiary/aromatic N) is 2. The van der Waals surface area contributed by atoms with E-state index < -0.39 is 7.12 Å². The third-order valence-electron chi connectivity index (χ3n) is 3.59. The Kier molecular flexibility index (Phi) is 5.61. The molecule has 6 nitrogen and oxygen atoms in total. The zero-order chi connectivity index (χ0) is 15.4. The summed E-state index contributed by atoms with van der Waals surface area (Å²) in [4.78, 5) is 16.2. The van der Waals surface area contributed by atoms with Crippen molar-refractivity contribution >= 4 is 30.1 Å². The molecule has 2 rings (SSSR count). The van der Waals surface area contributed by atoms with Gasteiger partial charge < -0.3 is 20.1 Å². The normalized spacial score (nSPS) is 16.1. The van der Waals surface area contributed by atoms with Gasteiger partial charge in [-0.15, -0.1) is 0 Å². The molecule has 1 aliphatic rings. The molecule has 0 aliphatic carbocycles. The van der Waals surface area contributed by atoms with Crippen LogP contribution < -0.4 is 5.46 Å². The van der Waals surface area contributed by atoms with Gasteiger partial charge in [0.05, 0.1) is 17.2 Å². The molecule has 21 heavy (non-hydrogen) atoms. The fourth-order valence-electron chi connectivity index (χ4n) is 2.35. The van der Waals surface area contributed by atoms with Crippen molar-refractivity contribution in [3.05, 3.63) is 28.8 Å². The summed E-state index contributed by atoms with van der Waals surface area (Å²) < 4.78 is 0. The van der Waals surface area contributed by atoms with Crippen molar-refractivity contribution in [1.82, 2.24) is 9.80 Å². The van der Waals surface area contributed by atoms with Crippen LogP contribution in [0.25, 0.3) is 0 Å². The van der Waals surface area contributed by atoms with Crippen LogP contribution in [-0.4, -0.2) is 77.3 Å². The Morgan fingerprint density at radius 2 is 1.90 bits per heavy atom. The standard InChI is InChI=1S/C13H18BClN2O4/c15-12-2-1-10(14(20)21)9-11(12)13(19)17-5-3-16(4-6-17)7-8-18/h1-2,9,18,20-21H,3-8H2. The van der Waals surface area contributed by atoms with Crippen molar-refractivity contribution in [2.75, 3.05) is 39.3 Å². The molecule has 114 valence electrons. The second-order valence-corrected chi connectivity index (χ2v) is 5.38. The van der Waals surface area contributed by atoms with E-state index in [2.05, 4.69) is 4.90 Å². The number of benzene rings is 1. The van der Waals surface area contributed by atoms with Crippen LogP contribution in [0.5, 0.6) is 0 Å². The van der Waals surface area contributed by atoms with Gasteiger partial charge in [-0.05, 0) is 17.6 Å². The highest BCUT2D eigenvalue weighted by atomic mass is 35.5.